The molecule has 9 nitrogen and oxygen atoms in total. The molecule has 220 valence electrons. The van der Waals surface area contributed by atoms with E-state index in [0.717, 1.165) is 19.3 Å². The van der Waals surface area contributed by atoms with Crippen LogP contribution in [0.15, 0.2) is 66.7 Å². The summed E-state index contributed by atoms with van der Waals surface area (Å²) in [6, 6.07) is 13.3. The maximum absolute atomic E-state index is 13.7. The van der Waals surface area contributed by atoms with Crippen molar-refractivity contribution in [3.8, 4) is 0 Å². The van der Waals surface area contributed by atoms with Crippen molar-refractivity contribution in [3.05, 3.63) is 76.9 Å². The molecule has 1 saturated heterocycles. The van der Waals surface area contributed by atoms with E-state index in [-0.39, 0.29) is 17.5 Å². The Labute approximate surface area is 242 Å². The molecular weight excluding hydrogens is 520 g/mol. The first-order valence-corrected chi connectivity index (χ1v) is 15.0. The molecular formula is C32H42N4O5. The summed E-state index contributed by atoms with van der Waals surface area (Å²) < 4.78 is 0. The number of hydrogen-bond acceptors (Lipinski definition) is 7. The fourth-order valence-electron chi connectivity index (χ4n) is 5.78. The summed E-state index contributed by atoms with van der Waals surface area (Å²) in [6.07, 6.45) is 15.3. The van der Waals surface area contributed by atoms with Crippen molar-refractivity contribution in [3.63, 3.8) is 0 Å². The monoisotopic (exact) mass is 562 g/mol. The van der Waals surface area contributed by atoms with Crippen LogP contribution in [-0.2, 0) is 9.59 Å². The highest BCUT2D eigenvalue weighted by atomic mass is 16.6. The van der Waals surface area contributed by atoms with Crippen molar-refractivity contribution in [2.45, 2.75) is 95.7 Å². The molecule has 9 heteroatoms. The van der Waals surface area contributed by atoms with Gasteiger partial charge in [0.05, 0.1) is 28.7 Å². The number of para-hydroxylation sites is 1. The number of hydrazine groups is 1. The van der Waals surface area contributed by atoms with Crippen LogP contribution in [0.1, 0.15) is 77.6 Å². The number of nitrogens with one attached hydrogen (secondary N) is 1. The molecule has 2 N–H and O–H groups in total. The molecule has 0 bridgehead atoms. The van der Waals surface area contributed by atoms with Gasteiger partial charge in [0.1, 0.15) is 6.04 Å². The van der Waals surface area contributed by atoms with Crippen LogP contribution in [-0.4, -0.2) is 45.0 Å². The molecule has 2 heterocycles. The van der Waals surface area contributed by atoms with E-state index in [9.17, 15) is 24.8 Å². The number of nitrogens with zero attached hydrogens (tertiary/aromatic N) is 3. The first-order chi connectivity index (χ1) is 19.9. The third-order valence-corrected chi connectivity index (χ3v) is 8.05. The molecule has 0 aromatic heterocycles. The topological polar surface area (TPSA) is 116 Å². The second kappa shape index (κ2) is 14.9. The van der Waals surface area contributed by atoms with Gasteiger partial charge < -0.3 is 10.5 Å². The van der Waals surface area contributed by atoms with Crippen LogP contribution >= 0.6 is 0 Å². The second-order valence-corrected chi connectivity index (χ2v) is 11.1. The molecule has 4 atom stereocenters. The van der Waals surface area contributed by atoms with Gasteiger partial charge in [-0.15, -0.1) is 0 Å². The van der Waals surface area contributed by atoms with Crippen LogP contribution < -0.4 is 10.3 Å². The number of hydrogen-bond donors (Lipinski definition) is 2. The summed E-state index contributed by atoms with van der Waals surface area (Å²) in [4.78, 5) is 39.0. The van der Waals surface area contributed by atoms with Crippen LogP contribution in [0.3, 0.4) is 0 Å². The zero-order valence-corrected chi connectivity index (χ0v) is 23.9. The van der Waals surface area contributed by atoms with E-state index in [1.54, 1.807) is 53.6 Å². The Morgan fingerprint density at radius 2 is 1.46 bits per heavy atom. The minimum absolute atomic E-state index is 0.0492. The Morgan fingerprint density at radius 1 is 0.854 bits per heavy atom. The van der Waals surface area contributed by atoms with E-state index < -0.39 is 29.0 Å². The minimum Gasteiger partial charge on any atom is -0.391 e. The number of rotatable bonds is 16. The number of benzene rings is 2. The van der Waals surface area contributed by atoms with Gasteiger partial charge in [-0.1, -0.05) is 101 Å². The molecule has 0 saturated carbocycles. The minimum atomic E-state index is -0.866. The lowest BCUT2D eigenvalue weighted by molar-refractivity contribution is -0.384. The van der Waals surface area contributed by atoms with Gasteiger partial charge in [0.25, 0.3) is 11.6 Å². The number of nitro groups is 1. The first-order valence-electron chi connectivity index (χ1n) is 15.0. The standard InChI is InChI=1S/C32H42N4O5/c1-2-3-4-5-6-7-8-9-10-14-17-29(37)28-23-22-27-30(32(39)34(31(27)38)25-15-12-11-13-16-25)35(28)33-24-18-20-26(21-19-24)36(40)41/h11-13,15-16,18-23,27-30,33,37H,2-10,14,17H2,1H3/t27?,28?,29-,30-/m0/s1. The van der Waals surface area contributed by atoms with Crippen molar-refractivity contribution < 1.29 is 19.6 Å². The summed E-state index contributed by atoms with van der Waals surface area (Å²) in [7, 11) is 0. The fourth-order valence-corrected chi connectivity index (χ4v) is 5.78. The quantitative estimate of drug-likeness (QED) is 0.0800. The summed E-state index contributed by atoms with van der Waals surface area (Å²) in [6.45, 7) is 2.23. The maximum atomic E-state index is 13.7. The molecule has 2 aromatic rings. The Hall–Kier alpha value is -3.56. The number of imide groups is 1. The number of aliphatic hydroxyl groups excluding tert-OH is 1. The molecule has 2 aliphatic rings. The van der Waals surface area contributed by atoms with E-state index in [4.69, 9.17) is 0 Å². The number of non-ortho nitro benzene ring substituents is 1. The van der Waals surface area contributed by atoms with Crippen molar-refractivity contribution in [1.29, 1.82) is 0 Å². The van der Waals surface area contributed by atoms with Crippen molar-refractivity contribution in [2.24, 2.45) is 5.92 Å². The smallest absolute Gasteiger partial charge is 0.269 e. The zero-order valence-electron chi connectivity index (χ0n) is 23.9. The van der Waals surface area contributed by atoms with E-state index in [1.165, 1.54) is 62.0 Å². The fraction of sp³-hybridized carbons (Fsp3) is 0.500. The molecule has 2 unspecified atom stereocenters. The van der Waals surface area contributed by atoms with Crippen molar-refractivity contribution in [2.75, 3.05) is 10.3 Å². The molecule has 2 amide bonds. The third kappa shape index (κ3) is 7.59. The Kier molecular flexibility index (Phi) is 11.0. The number of carbonyl (C=O) groups is 2. The average Bonchev–Trinajstić information content (AvgIpc) is 3.24. The normalized spacial score (nSPS) is 21.2. The number of unbranched alkanes of at least 4 members (excludes halogenated alkanes) is 9. The third-order valence-electron chi connectivity index (χ3n) is 8.05. The maximum Gasteiger partial charge on any atom is 0.269 e. The average molecular weight is 563 g/mol. The number of anilines is 2. The first kappa shape index (κ1) is 30.4. The molecule has 2 aromatic carbocycles. The lowest BCUT2D eigenvalue weighted by Crippen LogP contribution is -2.57. The van der Waals surface area contributed by atoms with Crippen molar-refractivity contribution >= 4 is 28.9 Å². The van der Waals surface area contributed by atoms with Gasteiger partial charge in [-0.25, -0.2) is 9.91 Å². The lowest BCUT2D eigenvalue weighted by Gasteiger charge is -2.40. The van der Waals surface area contributed by atoms with E-state index >= 15 is 0 Å². The number of fused-ring (bicyclic) bond motifs is 1. The van der Waals surface area contributed by atoms with Gasteiger partial charge in [0, 0.05) is 17.8 Å². The molecule has 41 heavy (non-hydrogen) atoms. The highest BCUT2D eigenvalue weighted by Gasteiger charge is 2.54. The van der Waals surface area contributed by atoms with Crippen molar-refractivity contribution in [1.82, 2.24) is 5.01 Å². The molecule has 0 spiro atoms. The van der Waals surface area contributed by atoms with Crippen LogP contribution in [0.4, 0.5) is 17.1 Å². The molecule has 2 aliphatic heterocycles. The summed E-state index contributed by atoms with van der Waals surface area (Å²) >= 11 is 0. The largest absolute Gasteiger partial charge is 0.391 e. The molecule has 0 radical (unpaired) electrons. The molecule has 1 fully saturated rings. The van der Waals surface area contributed by atoms with Crippen LogP contribution in [0, 0.1) is 16.0 Å². The number of nitro benzene ring substituents is 1. The van der Waals surface area contributed by atoms with E-state index in [2.05, 4.69) is 12.3 Å². The Morgan fingerprint density at radius 3 is 2.07 bits per heavy atom. The van der Waals surface area contributed by atoms with Crippen LogP contribution in [0.2, 0.25) is 0 Å². The summed E-state index contributed by atoms with van der Waals surface area (Å²) in [5.74, 6) is -1.41. The highest BCUT2D eigenvalue weighted by molar-refractivity contribution is 6.24. The van der Waals surface area contributed by atoms with Gasteiger partial charge in [0.15, 0.2) is 0 Å². The Bertz CT molecular complexity index is 1190. The molecule has 0 aliphatic carbocycles. The second-order valence-electron chi connectivity index (χ2n) is 11.1. The van der Waals surface area contributed by atoms with Gasteiger partial charge >= 0.3 is 0 Å². The van der Waals surface area contributed by atoms with Gasteiger partial charge in [0.2, 0.25) is 5.91 Å². The summed E-state index contributed by atoms with van der Waals surface area (Å²) in [5, 5.41) is 24.1. The van der Waals surface area contributed by atoms with Gasteiger partial charge in [-0.3, -0.25) is 19.7 Å². The zero-order chi connectivity index (χ0) is 29.2. The predicted molar refractivity (Wildman–Crippen MR) is 160 cm³/mol. The Balaban J connectivity index is 1.43. The number of amides is 2. The van der Waals surface area contributed by atoms with Crippen LogP contribution in [0.25, 0.3) is 0 Å². The number of carbonyl (C=O) groups excluding carboxylic acids is 2. The lowest BCUT2D eigenvalue weighted by atomic mass is 9.91. The highest BCUT2D eigenvalue weighted by Crippen LogP contribution is 2.36. The predicted octanol–water partition coefficient (Wildman–Crippen LogP) is 6.39. The van der Waals surface area contributed by atoms with Crippen LogP contribution in [0.5, 0.6) is 0 Å². The number of aliphatic hydroxyl groups is 1. The SMILES string of the molecule is CCCCCCCCCCCC[C@H](O)C1C=CC2C(=O)N(c3ccccc3)C(=O)[C@H]2N1Nc1ccc([N+](=O)[O-])cc1. The van der Waals surface area contributed by atoms with Gasteiger partial charge in [-0.2, -0.15) is 0 Å². The van der Waals surface area contributed by atoms with E-state index in [1.807, 2.05) is 6.07 Å². The summed E-state index contributed by atoms with van der Waals surface area (Å²) in [5.41, 5.74) is 4.19. The van der Waals surface area contributed by atoms with Gasteiger partial charge in [-0.05, 0) is 30.7 Å². The van der Waals surface area contributed by atoms with E-state index in [0.29, 0.717) is 17.8 Å². The molecule has 4 rings (SSSR count).